The highest BCUT2D eigenvalue weighted by atomic mass is 35.5. The maximum Gasteiger partial charge on any atom is 0.416 e. The Kier molecular flexibility index (Phi) is 4.95. The summed E-state index contributed by atoms with van der Waals surface area (Å²) in [5.41, 5.74) is -1.76. The molecule has 144 valence electrons. The first kappa shape index (κ1) is 19.6. The largest absolute Gasteiger partial charge is 0.416 e. The molecule has 0 unspecified atom stereocenters. The minimum absolute atomic E-state index is 0.0764. The highest BCUT2D eigenvalue weighted by Gasteiger charge is 2.36. The highest BCUT2D eigenvalue weighted by molar-refractivity contribution is 6.50. The number of ketones is 2. The minimum Gasteiger partial charge on any atom is -0.376 e. The minimum atomic E-state index is -4.47. The van der Waals surface area contributed by atoms with Gasteiger partial charge in [-0.05, 0) is 23.8 Å². The summed E-state index contributed by atoms with van der Waals surface area (Å²) in [6, 6.07) is 7.85. The Morgan fingerprint density at radius 2 is 1.68 bits per heavy atom. The zero-order chi connectivity index (χ0) is 20.6. The van der Waals surface area contributed by atoms with Gasteiger partial charge in [0.25, 0.3) is 5.69 Å². The average Bonchev–Trinajstić information content (AvgIpc) is 2.65. The lowest BCUT2D eigenvalue weighted by Gasteiger charge is -2.19. The molecule has 0 aliphatic heterocycles. The van der Waals surface area contributed by atoms with Crippen LogP contribution in [0, 0.1) is 10.1 Å². The topological polar surface area (TPSA) is 89.3 Å². The normalized spacial score (nSPS) is 14.1. The summed E-state index contributed by atoms with van der Waals surface area (Å²) in [5, 5.41) is 13.2. The molecule has 6 nitrogen and oxygen atoms in total. The number of halogens is 4. The summed E-state index contributed by atoms with van der Waals surface area (Å²) in [5.74, 6) is -1.59. The third kappa shape index (κ3) is 3.48. The van der Waals surface area contributed by atoms with Crippen LogP contribution in [0.4, 0.5) is 18.9 Å². The van der Waals surface area contributed by atoms with E-state index in [1.807, 2.05) is 0 Å². The number of hydrogen-bond donors (Lipinski definition) is 1. The van der Waals surface area contributed by atoms with Crippen LogP contribution in [0.1, 0.15) is 31.8 Å². The SMILES string of the molecule is O=C1C(NCc2ccc(C(F)(F)F)cc2)=C(Cl)C(=O)c2c1cccc2[N+](=O)[O-]. The van der Waals surface area contributed by atoms with Crippen molar-refractivity contribution in [1.29, 1.82) is 0 Å². The van der Waals surface area contributed by atoms with E-state index in [0.29, 0.717) is 5.56 Å². The number of hydrogen-bond acceptors (Lipinski definition) is 5. The lowest BCUT2D eigenvalue weighted by Crippen LogP contribution is -2.29. The van der Waals surface area contributed by atoms with Crippen molar-refractivity contribution in [3.8, 4) is 0 Å². The van der Waals surface area contributed by atoms with Crippen molar-refractivity contribution in [2.75, 3.05) is 0 Å². The molecule has 2 aromatic rings. The lowest BCUT2D eigenvalue weighted by molar-refractivity contribution is -0.385. The van der Waals surface area contributed by atoms with E-state index >= 15 is 0 Å². The number of fused-ring (bicyclic) bond motifs is 1. The molecule has 10 heteroatoms. The first-order valence-electron chi connectivity index (χ1n) is 7.78. The number of carbonyl (C=O) groups is 2. The number of Topliss-reactive ketones (excluding diaryl/α,β-unsaturated/α-hetero) is 2. The maximum absolute atomic E-state index is 12.6. The van der Waals surface area contributed by atoms with Crippen LogP contribution in [0.3, 0.4) is 0 Å². The molecule has 0 atom stereocenters. The van der Waals surface area contributed by atoms with Gasteiger partial charge in [-0.3, -0.25) is 19.7 Å². The van der Waals surface area contributed by atoms with E-state index in [2.05, 4.69) is 5.32 Å². The molecule has 0 spiro atoms. The van der Waals surface area contributed by atoms with Crippen LogP contribution in [0.15, 0.2) is 53.2 Å². The van der Waals surface area contributed by atoms with Gasteiger partial charge < -0.3 is 5.32 Å². The summed E-state index contributed by atoms with van der Waals surface area (Å²) >= 11 is 5.96. The quantitative estimate of drug-likeness (QED) is 0.601. The molecule has 1 aliphatic rings. The van der Waals surface area contributed by atoms with E-state index in [4.69, 9.17) is 11.6 Å². The van der Waals surface area contributed by atoms with Gasteiger partial charge in [0.1, 0.15) is 16.3 Å². The van der Waals surface area contributed by atoms with Gasteiger partial charge in [-0.15, -0.1) is 0 Å². The second kappa shape index (κ2) is 7.08. The molecule has 0 saturated heterocycles. The maximum atomic E-state index is 12.6. The van der Waals surface area contributed by atoms with Crippen molar-refractivity contribution < 1.29 is 27.7 Å². The Morgan fingerprint density at radius 1 is 1.04 bits per heavy atom. The van der Waals surface area contributed by atoms with E-state index in [1.54, 1.807) is 0 Å². The standard InChI is InChI=1S/C18H10ClF3N2O4/c19-14-15(23-8-9-4-6-10(7-5-9)18(20,21)22)16(25)11-2-1-3-12(24(27)28)13(11)17(14)26/h1-7,23H,8H2. The molecular weight excluding hydrogens is 401 g/mol. The molecule has 0 fully saturated rings. The summed E-state index contributed by atoms with van der Waals surface area (Å²) < 4.78 is 37.8. The van der Waals surface area contributed by atoms with Crippen molar-refractivity contribution in [3.63, 3.8) is 0 Å². The molecule has 2 aromatic carbocycles. The Morgan fingerprint density at radius 3 is 2.25 bits per heavy atom. The monoisotopic (exact) mass is 410 g/mol. The Labute approximate surface area is 160 Å². The fraction of sp³-hybridized carbons (Fsp3) is 0.111. The number of nitro groups is 1. The smallest absolute Gasteiger partial charge is 0.376 e. The molecule has 0 aromatic heterocycles. The summed E-state index contributed by atoms with van der Waals surface area (Å²) in [6.07, 6.45) is -4.47. The van der Waals surface area contributed by atoms with E-state index in [0.717, 1.165) is 18.2 Å². The predicted octanol–water partition coefficient (Wildman–Crippen LogP) is 4.23. The second-order valence-electron chi connectivity index (χ2n) is 5.85. The molecular formula is C18H10ClF3N2O4. The van der Waals surface area contributed by atoms with Gasteiger partial charge in [0.05, 0.1) is 10.5 Å². The first-order valence-corrected chi connectivity index (χ1v) is 8.15. The van der Waals surface area contributed by atoms with E-state index in [9.17, 15) is 32.9 Å². The average molecular weight is 411 g/mol. The molecule has 0 saturated carbocycles. The fourth-order valence-corrected chi connectivity index (χ4v) is 2.98. The van der Waals surface area contributed by atoms with Gasteiger partial charge in [-0.1, -0.05) is 29.8 Å². The Bertz CT molecular complexity index is 1030. The van der Waals surface area contributed by atoms with Crippen LogP contribution in [-0.4, -0.2) is 16.5 Å². The van der Waals surface area contributed by atoms with Gasteiger partial charge in [0, 0.05) is 18.2 Å². The van der Waals surface area contributed by atoms with E-state index < -0.39 is 38.9 Å². The molecule has 1 N–H and O–H groups in total. The van der Waals surface area contributed by atoms with Crippen LogP contribution >= 0.6 is 11.6 Å². The second-order valence-corrected chi connectivity index (χ2v) is 6.23. The van der Waals surface area contributed by atoms with Gasteiger partial charge in [-0.2, -0.15) is 13.2 Å². The third-order valence-corrected chi connectivity index (χ3v) is 4.47. The molecule has 0 heterocycles. The lowest BCUT2D eigenvalue weighted by atomic mass is 9.91. The number of nitrogens with one attached hydrogen (secondary N) is 1. The van der Waals surface area contributed by atoms with Crippen molar-refractivity contribution >= 4 is 28.9 Å². The summed E-state index contributed by atoms with van der Waals surface area (Å²) in [7, 11) is 0. The summed E-state index contributed by atoms with van der Waals surface area (Å²) in [4.78, 5) is 35.4. The zero-order valence-electron chi connectivity index (χ0n) is 13.8. The van der Waals surface area contributed by atoms with Crippen LogP contribution < -0.4 is 5.32 Å². The predicted molar refractivity (Wildman–Crippen MR) is 92.9 cm³/mol. The van der Waals surface area contributed by atoms with Crippen molar-refractivity contribution in [1.82, 2.24) is 5.32 Å². The number of carbonyl (C=O) groups excluding carboxylic acids is 2. The van der Waals surface area contributed by atoms with Gasteiger partial charge in [-0.25, -0.2) is 0 Å². The zero-order valence-corrected chi connectivity index (χ0v) is 14.6. The highest BCUT2D eigenvalue weighted by Crippen LogP contribution is 2.33. The molecule has 0 amide bonds. The van der Waals surface area contributed by atoms with Crippen molar-refractivity contribution in [2.45, 2.75) is 12.7 Å². The molecule has 28 heavy (non-hydrogen) atoms. The molecule has 3 rings (SSSR count). The molecule has 1 aliphatic carbocycles. The van der Waals surface area contributed by atoms with Crippen LogP contribution in [0.25, 0.3) is 0 Å². The van der Waals surface area contributed by atoms with Gasteiger partial charge in [0.15, 0.2) is 0 Å². The van der Waals surface area contributed by atoms with Crippen LogP contribution in [0.5, 0.6) is 0 Å². The molecule has 0 radical (unpaired) electrons. The first-order chi connectivity index (χ1) is 13.1. The Hall–Kier alpha value is -3.20. The number of benzene rings is 2. The number of nitro benzene ring substituents is 1. The number of rotatable bonds is 4. The number of allylic oxidation sites excluding steroid dienone is 2. The molecule has 0 bridgehead atoms. The fourth-order valence-electron chi connectivity index (χ4n) is 2.74. The third-order valence-electron chi connectivity index (χ3n) is 4.11. The van der Waals surface area contributed by atoms with Crippen LogP contribution in [-0.2, 0) is 12.7 Å². The van der Waals surface area contributed by atoms with Crippen molar-refractivity contribution in [2.24, 2.45) is 0 Å². The number of alkyl halides is 3. The van der Waals surface area contributed by atoms with Crippen molar-refractivity contribution in [3.05, 3.63) is 85.6 Å². The summed E-state index contributed by atoms with van der Waals surface area (Å²) in [6.45, 7) is -0.0764. The van der Waals surface area contributed by atoms with E-state index in [1.165, 1.54) is 24.3 Å². The van der Waals surface area contributed by atoms with Gasteiger partial charge in [0.2, 0.25) is 11.6 Å². The number of nitrogens with zero attached hydrogens (tertiary/aromatic N) is 1. The van der Waals surface area contributed by atoms with Crippen LogP contribution in [0.2, 0.25) is 0 Å². The van der Waals surface area contributed by atoms with E-state index in [-0.39, 0.29) is 23.4 Å². The van der Waals surface area contributed by atoms with Gasteiger partial charge >= 0.3 is 6.18 Å². The Balaban J connectivity index is 1.87.